The fourth-order valence-electron chi connectivity index (χ4n) is 7.16. The molecule has 0 spiro atoms. The number of rotatable bonds is 14. The maximum absolute atomic E-state index is 13.8. The van der Waals surface area contributed by atoms with Crippen LogP contribution in [0.5, 0.6) is 0 Å². The van der Waals surface area contributed by atoms with Crippen LogP contribution in [0.25, 0.3) is 11.1 Å². The molecule has 12 heteroatoms. The average Bonchev–Trinajstić information content (AvgIpc) is 3.21. The van der Waals surface area contributed by atoms with Crippen molar-refractivity contribution in [3.8, 4) is 11.1 Å². The Morgan fingerprint density at radius 1 is 0.804 bits per heavy atom. The molecule has 0 saturated carbocycles. The normalized spacial score (nSPS) is 15.4. The van der Waals surface area contributed by atoms with Gasteiger partial charge in [0.25, 0.3) is 15.9 Å². The molecule has 56 heavy (non-hydrogen) atoms. The topological polar surface area (TPSA) is 94.2 Å². The maximum atomic E-state index is 13.8. The van der Waals surface area contributed by atoms with Crippen LogP contribution in [-0.2, 0) is 21.3 Å². The highest BCUT2D eigenvalue weighted by Crippen LogP contribution is 2.35. The van der Waals surface area contributed by atoms with Crippen molar-refractivity contribution in [3.05, 3.63) is 137 Å². The molecule has 2 N–H and O–H groups in total. The van der Waals surface area contributed by atoms with E-state index >= 15 is 0 Å². The molecule has 2 aliphatic rings. The average molecular weight is 810 g/mol. The second kappa shape index (κ2) is 18.7. The third-order valence-corrected chi connectivity index (χ3v) is 12.9. The van der Waals surface area contributed by atoms with Crippen LogP contribution in [0.4, 0.5) is 11.4 Å². The van der Waals surface area contributed by atoms with Gasteiger partial charge in [0.2, 0.25) is 0 Å². The Hall–Kier alpha value is -4.36. The number of anilines is 2. The smallest absolute Gasteiger partial charge is 0.266 e. The molecule has 0 aliphatic carbocycles. The molecule has 2 fully saturated rings. The van der Waals surface area contributed by atoms with Crippen molar-refractivity contribution >= 4 is 50.7 Å². The molecule has 0 aromatic heterocycles. The summed E-state index contributed by atoms with van der Waals surface area (Å²) in [5, 5.41) is 4.15. The van der Waals surface area contributed by atoms with Crippen molar-refractivity contribution in [1.82, 2.24) is 14.5 Å². The zero-order valence-corrected chi connectivity index (χ0v) is 34.0. The maximum Gasteiger partial charge on any atom is 0.266 e. The van der Waals surface area contributed by atoms with E-state index in [1.165, 1.54) is 22.9 Å². The van der Waals surface area contributed by atoms with Crippen LogP contribution in [-0.4, -0.2) is 89.7 Å². The molecule has 0 unspecified atom stereocenters. The molecule has 9 nitrogen and oxygen atoms in total. The summed E-state index contributed by atoms with van der Waals surface area (Å²) in [5.74, 6) is -0.665. The van der Waals surface area contributed by atoms with E-state index in [0.29, 0.717) is 10.5 Å². The first-order valence-corrected chi connectivity index (χ1v) is 21.8. The lowest BCUT2D eigenvalue weighted by Crippen LogP contribution is -2.46. The highest BCUT2D eigenvalue weighted by Gasteiger charge is 2.24. The Bertz CT molecular complexity index is 2210. The predicted octanol–water partition coefficient (Wildman–Crippen LogP) is 8.04. The summed E-state index contributed by atoms with van der Waals surface area (Å²) in [6.07, 6.45) is 0.967. The van der Waals surface area contributed by atoms with Gasteiger partial charge in [0.1, 0.15) is 0 Å². The summed E-state index contributed by atoms with van der Waals surface area (Å²) >= 11 is 7.61. The molecule has 7 rings (SSSR count). The minimum absolute atomic E-state index is 0.0461. The minimum Gasteiger partial charge on any atom is -0.385 e. The van der Waals surface area contributed by atoms with E-state index in [1.807, 2.05) is 61.5 Å². The lowest BCUT2D eigenvalue weighted by atomic mass is 9.99. The number of carbonyl (C=O) groups excluding carboxylic acids is 1. The van der Waals surface area contributed by atoms with Gasteiger partial charge in [-0.2, -0.15) is 0 Å². The van der Waals surface area contributed by atoms with Crippen LogP contribution in [0.1, 0.15) is 27.9 Å². The summed E-state index contributed by atoms with van der Waals surface area (Å²) < 4.78 is 34.9. The van der Waals surface area contributed by atoms with Crippen molar-refractivity contribution in [2.24, 2.45) is 0 Å². The van der Waals surface area contributed by atoms with E-state index in [4.69, 9.17) is 16.3 Å². The molecule has 2 heterocycles. The van der Waals surface area contributed by atoms with Gasteiger partial charge in [-0.1, -0.05) is 78.0 Å². The van der Waals surface area contributed by atoms with Gasteiger partial charge in [0.15, 0.2) is 0 Å². The number of hydrogen-bond donors (Lipinski definition) is 2. The second-order valence-corrected chi connectivity index (χ2v) is 17.4. The van der Waals surface area contributed by atoms with Crippen molar-refractivity contribution in [2.45, 2.75) is 34.6 Å². The summed E-state index contributed by atoms with van der Waals surface area (Å²) in [7, 11) is -4.14. The number of halogens is 1. The fourth-order valence-corrected chi connectivity index (χ4v) is 9.33. The van der Waals surface area contributed by atoms with Crippen molar-refractivity contribution < 1.29 is 17.9 Å². The van der Waals surface area contributed by atoms with E-state index in [1.54, 1.807) is 24.3 Å². The first-order chi connectivity index (χ1) is 27.2. The molecular weight excluding hydrogens is 762 g/mol. The van der Waals surface area contributed by atoms with Crippen molar-refractivity contribution in [3.63, 3.8) is 0 Å². The molecule has 0 atom stereocenters. The van der Waals surface area contributed by atoms with Gasteiger partial charge in [-0.3, -0.25) is 14.6 Å². The fraction of sp³-hybridized carbons (Fsp3) is 0.295. The number of hydrogen-bond acceptors (Lipinski definition) is 9. The monoisotopic (exact) mass is 809 g/mol. The molecule has 2 aliphatic heterocycles. The molecule has 0 bridgehead atoms. The Labute approximate surface area is 340 Å². The number of morpholine rings is 1. The number of amides is 1. The highest BCUT2D eigenvalue weighted by atomic mass is 35.5. The zero-order valence-electron chi connectivity index (χ0n) is 31.6. The van der Waals surface area contributed by atoms with E-state index in [-0.39, 0.29) is 4.90 Å². The zero-order chi connectivity index (χ0) is 38.9. The lowest BCUT2D eigenvalue weighted by Gasteiger charge is -2.36. The molecule has 292 valence electrons. The van der Waals surface area contributed by atoms with Crippen LogP contribution in [0.3, 0.4) is 0 Å². The van der Waals surface area contributed by atoms with E-state index < -0.39 is 15.9 Å². The van der Waals surface area contributed by atoms with E-state index in [0.717, 1.165) is 111 Å². The summed E-state index contributed by atoms with van der Waals surface area (Å²) in [6.45, 7) is 11.3. The molecule has 5 aromatic rings. The number of benzene rings is 5. The number of ether oxygens (including phenoxy) is 1. The molecule has 0 radical (unpaired) electrons. The second-order valence-electron chi connectivity index (χ2n) is 14.2. The number of nitrogens with one attached hydrogen (secondary N) is 2. The standard InChI is InChI=1S/C44H48ClN5O4S2/c1-33-30-39(17-19-42(33)46-20-7-21-48-26-28-54-29-27-48)56(52,53)47-44(51)41-18-16-37(31-43(41)55-38-9-3-2-4-10-38)50-24-22-49(23-25-50)32-35-8-5-6-11-40(35)34-12-14-36(45)15-13-34/h2-6,8-19,30-31,46H,7,20-29,32H2,1H3,(H,47,51). The first-order valence-electron chi connectivity index (χ1n) is 19.1. The number of sulfonamides is 1. The summed E-state index contributed by atoms with van der Waals surface area (Å²) in [6, 6.07) is 36.9. The Kier molecular flexibility index (Phi) is 13.3. The van der Waals surface area contributed by atoms with Crippen LogP contribution in [0.15, 0.2) is 130 Å². The van der Waals surface area contributed by atoms with Crippen LogP contribution >= 0.6 is 23.4 Å². The quantitative estimate of drug-likeness (QED) is 0.108. The Morgan fingerprint density at radius 2 is 1.54 bits per heavy atom. The molecule has 2 saturated heterocycles. The van der Waals surface area contributed by atoms with Crippen molar-refractivity contribution in [1.29, 1.82) is 0 Å². The summed E-state index contributed by atoms with van der Waals surface area (Å²) in [4.78, 5) is 22.7. The Balaban J connectivity index is 1.01. The van der Waals surface area contributed by atoms with Crippen LogP contribution in [0, 0.1) is 6.92 Å². The van der Waals surface area contributed by atoms with Gasteiger partial charge in [-0.25, -0.2) is 13.1 Å². The molecular formula is C44H48ClN5O4S2. The van der Waals surface area contributed by atoms with Gasteiger partial charge in [0, 0.05) is 78.5 Å². The van der Waals surface area contributed by atoms with Crippen LogP contribution < -0.4 is 14.9 Å². The minimum atomic E-state index is -4.14. The molecule has 1 amide bonds. The van der Waals surface area contributed by atoms with E-state index in [9.17, 15) is 13.2 Å². The van der Waals surface area contributed by atoms with Crippen molar-refractivity contribution in [2.75, 3.05) is 75.8 Å². The SMILES string of the molecule is Cc1cc(S(=O)(=O)NC(=O)c2ccc(N3CCN(Cc4ccccc4-c4ccc(Cl)cc4)CC3)cc2Sc2ccccc2)ccc1NCCCN1CCOCC1. The highest BCUT2D eigenvalue weighted by molar-refractivity contribution is 7.99. The van der Waals surface area contributed by atoms with Gasteiger partial charge >= 0.3 is 0 Å². The number of carbonyl (C=O) groups is 1. The number of aryl methyl sites for hydroxylation is 1. The van der Waals surface area contributed by atoms with Gasteiger partial charge in [-0.15, -0.1) is 0 Å². The first kappa shape index (κ1) is 39.9. The number of nitrogens with zero attached hydrogens (tertiary/aromatic N) is 3. The predicted molar refractivity (Wildman–Crippen MR) is 228 cm³/mol. The van der Waals surface area contributed by atoms with E-state index in [2.05, 4.69) is 61.1 Å². The van der Waals surface area contributed by atoms with Gasteiger partial charge in [-0.05, 0) is 103 Å². The third kappa shape index (κ3) is 10.3. The van der Waals surface area contributed by atoms with Gasteiger partial charge in [0.05, 0.1) is 23.7 Å². The Morgan fingerprint density at radius 3 is 2.29 bits per heavy atom. The molecule has 5 aromatic carbocycles. The third-order valence-electron chi connectivity index (χ3n) is 10.3. The largest absolute Gasteiger partial charge is 0.385 e. The van der Waals surface area contributed by atoms with Gasteiger partial charge < -0.3 is 15.0 Å². The van der Waals surface area contributed by atoms with Crippen LogP contribution in [0.2, 0.25) is 5.02 Å². The lowest BCUT2D eigenvalue weighted by molar-refractivity contribution is 0.0378. The number of piperazine rings is 1. The summed E-state index contributed by atoms with van der Waals surface area (Å²) in [5.41, 5.74) is 6.59.